The van der Waals surface area contributed by atoms with E-state index in [1.54, 1.807) is 9.80 Å². The van der Waals surface area contributed by atoms with E-state index in [1.807, 2.05) is 0 Å². The van der Waals surface area contributed by atoms with Gasteiger partial charge in [0, 0.05) is 5.56 Å². The van der Waals surface area contributed by atoms with Crippen LogP contribution in [0.15, 0.2) is 54.6 Å². The molecule has 1 aliphatic rings. The first-order valence-corrected chi connectivity index (χ1v) is 9.26. The van der Waals surface area contributed by atoms with Crippen LogP contribution in [-0.4, -0.2) is 39.3 Å². The third-order valence-electron chi connectivity index (χ3n) is 4.99. The average molecular weight is 326 g/mol. The second-order valence-electron chi connectivity index (χ2n) is 6.76. The number of rotatable bonds is 7. The van der Waals surface area contributed by atoms with E-state index in [2.05, 4.69) is 61.5 Å². The Bertz CT molecular complexity index is 606. The normalized spacial score (nSPS) is 20.7. The summed E-state index contributed by atoms with van der Waals surface area (Å²) in [5, 5.41) is 0. The van der Waals surface area contributed by atoms with E-state index < -0.39 is 0 Å². The molecule has 0 bridgehead atoms. The number of piperazine rings is 1. The molecule has 2 N–H and O–H groups in total. The first kappa shape index (κ1) is 17.0. The molecule has 1 heterocycles. The van der Waals surface area contributed by atoms with Crippen molar-refractivity contribution in [1.82, 2.24) is 0 Å². The Balaban J connectivity index is 1.36. The maximum atomic E-state index is 5.95. The second-order valence-corrected chi connectivity index (χ2v) is 6.76. The van der Waals surface area contributed by atoms with Crippen LogP contribution in [0.5, 0.6) is 5.75 Å². The van der Waals surface area contributed by atoms with Gasteiger partial charge in [-0.05, 0) is 24.1 Å². The molecular weight excluding hydrogens is 296 g/mol. The van der Waals surface area contributed by atoms with E-state index in [-0.39, 0.29) is 0 Å². The number of hydrogen-bond acceptors (Lipinski definition) is 1. The minimum atomic E-state index is 0.816. The van der Waals surface area contributed by atoms with Crippen molar-refractivity contribution in [3.05, 3.63) is 65.7 Å². The molecule has 3 heteroatoms. The van der Waals surface area contributed by atoms with Gasteiger partial charge in [0.15, 0.2) is 0 Å². The minimum Gasteiger partial charge on any atom is -0.488 e. The molecule has 0 saturated carbocycles. The molecule has 2 aromatic carbocycles. The zero-order valence-electron chi connectivity index (χ0n) is 14.8. The highest BCUT2D eigenvalue weighted by Gasteiger charge is 2.22. The fourth-order valence-electron chi connectivity index (χ4n) is 3.44. The third kappa shape index (κ3) is 5.08. The molecule has 128 valence electrons. The van der Waals surface area contributed by atoms with Gasteiger partial charge in [0.25, 0.3) is 0 Å². The molecule has 0 atom stereocenters. The van der Waals surface area contributed by atoms with Gasteiger partial charge in [-0.25, -0.2) is 0 Å². The molecular formula is C21H30N2O+2. The van der Waals surface area contributed by atoms with Gasteiger partial charge in [0.1, 0.15) is 51.6 Å². The fraction of sp³-hybridized carbons (Fsp3) is 0.429. The van der Waals surface area contributed by atoms with Crippen molar-refractivity contribution in [3.8, 4) is 5.75 Å². The molecule has 0 spiro atoms. The summed E-state index contributed by atoms with van der Waals surface area (Å²) in [7, 11) is 0. The van der Waals surface area contributed by atoms with E-state index >= 15 is 0 Å². The molecule has 3 rings (SSSR count). The topological polar surface area (TPSA) is 18.1 Å². The van der Waals surface area contributed by atoms with Crippen molar-refractivity contribution in [3.63, 3.8) is 0 Å². The van der Waals surface area contributed by atoms with Gasteiger partial charge in [-0.15, -0.1) is 0 Å². The number of quaternary nitrogens is 2. The van der Waals surface area contributed by atoms with E-state index in [1.165, 1.54) is 37.3 Å². The number of hydrogen-bond donors (Lipinski definition) is 2. The summed E-state index contributed by atoms with van der Waals surface area (Å²) in [5.41, 5.74) is 2.80. The summed E-state index contributed by atoms with van der Waals surface area (Å²) >= 11 is 0. The highest BCUT2D eigenvalue weighted by Crippen LogP contribution is 2.13. The Hall–Kier alpha value is -1.84. The van der Waals surface area contributed by atoms with Crippen LogP contribution in [-0.2, 0) is 13.0 Å². The molecule has 2 aromatic rings. The van der Waals surface area contributed by atoms with Crippen LogP contribution >= 0.6 is 0 Å². The molecule has 1 saturated heterocycles. The van der Waals surface area contributed by atoms with E-state index in [4.69, 9.17) is 4.74 Å². The Morgan fingerprint density at radius 3 is 2.29 bits per heavy atom. The van der Waals surface area contributed by atoms with Crippen LogP contribution in [0.4, 0.5) is 0 Å². The predicted molar refractivity (Wildman–Crippen MR) is 97.7 cm³/mol. The highest BCUT2D eigenvalue weighted by molar-refractivity contribution is 5.28. The smallest absolute Gasteiger partial charge is 0.137 e. The van der Waals surface area contributed by atoms with Crippen LogP contribution in [0.1, 0.15) is 18.1 Å². The Kier molecular flexibility index (Phi) is 6.27. The number of benzene rings is 2. The SMILES string of the molecule is CCc1cccc(OCC[NH+]2CC[NH+](Cc3ccccc3)CC2)c1. The van der Waals surface area contributed by atoms with Gasteiger partial charge in [0.05, 0.1) is 0 Å². The molecule has 3 nitrogen and oxygen atoms in total. The molecule has 0 unspecified atom stereocenters. The second kappa shape index (κ2) is 8.86. The highest BCUT2D eigenvalue weighted by atomic mass is 16.5. The van der Waals surface area contributed by atoms with Crippen LogP contribution in [0.2, 0.25) is 0 Å². The van der Waals surface area contributed by atoms with Gasteiger partial charge in [-0.2, -0.15) is 0 Å². The summed E-state index contributed by atoms with van der Waals surface area (Å²) in [6, 6.07) is 19.3. The van der Waals surface area contributed by atoms with Crippen molar-refractivity contribution in [1.29, 1.82) is 0 Å². The van der Waals surface area contributed by atoms with E-state index in [0.29, 0.717) is 0 Å². The van der Waals surface area contributed by atoms with Crippen molar-refractivity contribution in [2.45, 2.75) is 19.9 Å². The maximum absolute atomic E-state index is 5.95. The van der Waals surface area contributed by atoms with Crippen molar-refractivity contribution < 1.29 is 14.5 Å². The van der Waals surface area contributed by atoms with E-state index in [9.17, 15) is 0 Å². The lowest BCUT2D eigenvalue weighted by atomic mass is 10.2. The Labute approximate surface area is 145 Å². The summed E-state index contributed by atoms with van der Waals surface area (Å²) in [6.07, 6.45) is 1.06. The Morgan fingerprint density at radius 1 is 0.833 bits per heavy atom. The molecule has 0 radical (unpaired) electrons. The number of aryl methyl sites for hydroxylation is 1. The van der Waals surface area contributed by atoms with Crippen molar-refractivity contribution in [2.75, 3.05) is 39.3 Å². The number of ether oxygens (including phenoxy) is 1. The summed E-state index contributed by atoms with van der Waals surface area (Å²) in [6.45, 7) is 10.3. The largest absolute Gasteiger partial charge is 0.488 e. The predicted octanol–water partition coefficient (Wildman–Crippen LogP) is 0.611. The van der Waals surface area contributed by atoms with Crippen molar-refractivity contribution >= 4 is 0 Å². The lowest BCUT2D eigenvalue weighted by Gasteiger charge is -2.29. The van der Waals surface area contributed by atoms with Gasteiger partial charge >= 0.3 is 0 Å². The zero-order chi connectivity index (χ0) is 16.6. The molecule has 0 aromatic heterocycles. The molecule has 0 amide bonds. The van der Waals surface area contributed by atoms with Crippen LogP contribution in [0.3, 0.4) is 0 Å². The summed E-state index contributed by atoms with van der Waals surface area (Å²) in [4.78, 5) is 3.39. The lowest BCUT2D eigenvalue weighted by molar-refractivity contribution is -1.02. The summed E-state index contributed by atoms with van der Waals surface area (Å²) < 4.78 is 5.95. The minimum absolute atomic E-state index is 0.816. The fourth-order valence-corrected chi connectivity index (χ4v) is 3.44. The average Bonchev–Trinajstić information content (AvgIpc) is 2.64. The first-order chi connectivity index (χ1) is 11.8. The van der Waals surface area contributed by atoms with Crippen molar-refractivity contribution in [2.24, 2.45) is 0 Å². The Morgan fingerprint density at radius 2 is 1.54 bits per heavy atom. The van der Waals surface area contributed by atoms with Gasteiger partial charge < -0.3 is 14.5 Å². The monoisotopic (exact) mass is 326 g/mol. The van der Waals surface area contributed by atoms with E-state index in [0.717, 1.165) is 31.9 Å². The lowest BCUT2D eigenvalue weighted by Crippen LogP contribution is -3.27. The van der Waals surface area contributed by atoms with Gasteiger partial charge in [-0.1, -0.05) is 49.4 Å². The van der Waals surface area contributed by atoms with Gasteiger partial charge in [0.2, 0.25) is 0 Å². The van der Waals surface area contributed by atoms with Gasteiger partial charge in [-0.3, -0.25) is 0 Å². The standard InChI is InChI=1S/C21H28N2O/c1-2-19-9-6-10-21(17-19)24-16-15-22-11-13-23(14-12-22)18-20-7-4-3-5-8-20/h3-10,17H,2,11-16,18H2,1H3/p+2. The van der Waals surface area contributed by atoms with Crippen LogP contribution < -0.4 is 14.5 Å². The third-order valence-corrected chi connectivity index (χ3v) is 4.99. The molecule has 0 aliphatic carbocycles. The first-order valence-electron chi connectivity index (χ1n) is 9.26. The zero-order valence-corrected chi connectivity index (χ0v) is 14.8. The number of nitrogens with one attached hydrogen (secondary N) is 2. The molecule has 1 fully saturated rings. The van der Waals surface area contributed by atoms with Crippen LogP contribution in [0, 0.1) is 0 Å². The quantitative estimate of drug-likeness (QED) is 0.763. The maximum Gasteiger partial charge on any atom is 0.137 e. The van der Waals surface area contributed by atoms with Crippen LogP contribution in [0.25, 0.3) is 0 Å². The molecule has 24 heavy (non-hydrogen) atoms. The summed E-state index contributed by atoms with van der Waals surface area (Å²) in [5.74, 6) is 1.02. The molecule has 1 aliphatic heterocycles.